The fourth-order valence-corrected chi connectivity index (χ4v) is 3.27. The molecule has 3 rings (SSSR count). The van der Waals surface area contributed by atoms with Gasteiger partial charge >= 0.3 is 0 Å². The van der Waals surface area contributed by atoms with Crippen LogP contribution in [0.3, 0.4) is 0 Å². The number of rotatable bonds is 4. The number of hydrogen-bond acceptors (Lipinski definition) is 2. The molecule has 0 saturated heterocycles. The Labute approximate surface area is 145 Å². The molecule has 1 heterocycles. The summed E-state index contributed by atoms with van der Waals surface area (Å²) in [6, 6.07) is 6.20. The number of nitrogens with one attached hydrogen (secondary N) is 1. The molecule has 1 aromatic heterocycles. The van der Waals surface area contributed by atoms with Crippen molar-refractivity contribution in [2.45, 2.75) is 38.6 Å². The van der Waals surface area contributed by atoms with Crippen LogP contribution in [0.2, 0.25) is 5.15 Å². The minimum atomic E-state index is -0.317. The van der Waals surface area contributed by atoms with Crippen molar-refractivity contribution >= 4 is 23.6 Å². The fraction of sp³-hybridized carbons (Fsp3) is 0.333. The summed E-state index contributed by atoms with van der Waals surface area (Å²) in [6.07, 6.45) is 7.59. The van der Waals surface area contributed by atoms with Crippen molar-refractivity contribution in [2.75, 3.05) is 0 Å². The van der Waals surface area contributed by atoms with Gasteiger partial charge in [0.05, 0.1) is 11.4 Å². The second-order valence-electron chi connectivity index (χ2n) is 6.00. The fourth-order valence-electron chi connectivity index (χ4n) is 2.93. The molecule has 1 aliphatic carbocycles. The third-order valence-electron chi connectivity index (χ3n) is 4.22. The Hall–Kier alpha value is -2.14. The first-order chi connectivity index (χ1) is 11.5. The number of nitrogens with zero attached hydrogens (tertiary/aromatic N) is 2. The van der Waals surface area contributed by atoms with Crippen molar-refractivity contribution in [3.05, 3.63) is 52.6 Å². The van der Waals surface area contributed by atoms with Crippen LogP contribution in [0.1, 0.15) is 36.9 Å². The number of benzene rings is 1. The van der Waals surface area contributed by atoms with E-state index in [1.54, 1.807) is 18.2 Å². The molecule has 0 unspecified atom stereocenters. The first-order valence-electron chi connectivity index (χ1n) is 8.04. The van der Waals surface area contributed by atoms with Crippen molar-refractivity contribution < 1.29 is 9.18 Å². The molecule has 1 fully saturated rings. The standard InChI is InChI=1S/C18H19ClFN3O/c1-12-16(10-11-17(24)21-14-4-2-3-5-14)18(19)23(22-12)15-8-6-13(20)7-9-15/h6-11,14H,2-5H2,1H3,(H,21,24)/b11-10+. The van der Waals surface area contributed by atoms with E-state index >= 15 is 0 Å². The first-order valence-corrected chi connectivity index (χ1v) is 8.42. The quantitative estimate of drug-likeness (QED) is 0.848. The molecule has 1 amide bonds. The van der Waals surface area contributed by atoms with Gasteiger partial charge in [-0.1, -0.05) is 24.4 Å². The summed E-state index contributed by atoms with van der Waals surface area (Å²) in [5.74, 6) is -0.436. The van der Waals surface area contributed by atoms with E-state index in [9.17, 15) is 9.18 Å². The van der Waals surface area contributed by atoms with E-state index < -0.39 is 0 Å². The number of halogens is 2. The maximum atomic E-state index is 13.0. The highest BCUT2D eigenvalue weighted by atomic mass is 35.5. The molecule has 0 radical (unpaired) electrons. The average Bonchev–Trinajstić information content (AvgIpc) is 3.15. The third-order valence-corrected chi connectivity index (χ3v) is 4.59. The SMILES string of the molecule is Cc1nn(-c2ccc(F)cc2)c(Cl)c1/C=C/C(=O)NC1CCCC1. The van der Waals surface area contributed by atoms with E-state index in [1.165, 1.54) is 35.7 Å². The molecule has 0 atom stereocenters. The van der Waals surface area contributed by atoms with Gasteiger partial charge in [0, 0.05) is 17.7 Å². The highest BCUT2D eigenvalue weighted by Gasteiger charge is 2.16. The summed E-state index contributed by atoms with van der Waals surface area (Å²) in [6.45, 7) is 1.82. The van der Waals surface area contributed by atoms with Crippen molar-refractivity contribution in [2.24, 2.45) is 0 Å². The van der Waals surface area contributed by atoms with E-state index in [2.05, 4.69) is 10.4 Å². The number of aromatic nitrogens is 2. The van der Waals surface area contributed by atoms with Crippen LogP contribution in [0, 0.1) is 12.7 Å². The van der Waals surface area contributed by atoms with Crippen molar-refractivity contribution in [1.82, 2.24) is 15.1 Å². The normalized spacial score (nSPS) is 15.3. The predicted octanol–water partition coefficient (Wildman–Crippen LogP) is 4.05. The Morgan fingerprint density at radius 2 is 2.00 bits per heavy atom. The Kier molecular flexibility index (Phi) is 5.00. The Morgan fingerprint density at radius 3 is 2.67 bits per heavy atom. The molecule has 1 N–H and O–H groups in total. The largest absolute Gasteiger partial charge is 0.350 e. The van der Waals surface area contributed by atoms with Gasteiger partial charge in [-0.25, -0.2) is 9.07 Å². The lowest BCUT2D eigenvalue weighted by Gasteiger charge is -2.09. The van der Waals surface area contributed by atoms with Gasteiger partial charge in [-0.2, -0.15) is 5.10 Å². The van der Waals surface area contributed by atoms with Crippen LogP contribution in [0.5, 0.6) is 0 Å². The zero-order valence-corrected chi connectivity index (χ0v) is 14.2. The van der Waals surface area contributed by atoms with Gasteiger partial charge < -0.3 is 5.32 Å². The average molecular weight is 348 g/mol. The number of carbonyl (C=O) groups excluding carboxylic acids is 1. The maximum absolute atomic E-state index is 13.0. The zero-order chi connectivity index (χ0) is 17.1. The topological polar surface area (TPSA) is 46.9 Å². The summed E-state index contributed by atoms with van der Waals surface area (Å²) in [4.78, 5) is 12.0. The zero-order valence-electron chi connectivity index (χ0n) is 13.4. The van der Waals surface area contributed by atoms with E-state index in [1.807, 2.05) is 6.92 Å². The van der Waals surface area contributed by atoms with E-state index in [4.69, 9.17) is 11.6 Å². The maximum Gasteiger partial charge on any atom is 0.244 e. The van der Waals surface area contributed by atoms with Crippen LogP contribution >= 0.6 is 11.6 Å². The van der Waals surface area contributed by atoms with Gasteiger partial charge in [-0.05, 0) is 50.1 Å². The first kappa shape index (κ1) is 16.7. The molecule has 1 saturated carbocycles. The monoisotopic (exact) mass is 347 g/mol. The van der Waals surface area contributed by atoms with Crippen LogP contribution in [-0.2, 0) is 4.79 Å². The summed E-state index contributed by atoms with van der Waals surface area (Å²) in [5.41, 5.74) is 2.05. The molecule has 0 bridgehead atoms. The molecular weight excluding hydrogens is 329 g/mol. The molecule has 24 heavy (non-hydrogen) atoms. The minimum Gasteiger partial charge on any atom is -0.350 e. The van der Waals surface area contributed by atoms with Gasteiger partial charge in [0.2, 0.25) is 5.91 Å². The van der Waals surface area contributed by atoms with Crippen molar-refractivity contribution in [1.29, 1.82) is 0 Å². The molecular formula is C18H19ClFN3O. The van der Waals surface area contributed by atoms with Crippen LogP contribution in [0.4, 0.5) is 4.39 Å². The second kappa shape index (κ2) is 7.18. The Bertz CT molecular complexity index is 761. The van der Waals surface area contributed by atoms with Gasteiger partial charge in [0.25, 0.3) is 0 Å². The summed E-state index contributed by atoms with van der Waals surface area (Å²) >= 11 is 6.38. The van der Waals surface area contributed by atoms with E-state index in [0.717, 1.165) is 12.8 Å². The van der Waals surface area contributed by atoms with E-state index in [0.29, 0.717) is 22.1 Å². The summed E-state index contributed by atoms with van der Waals surface area (Å²) in [7, 11) is 0. The smallest absolute Gasteiger partial charge is 0.244 e. The van der Waals surface area contributed by atoms with Crippen LogP contribution in [0.15, 0.2) is 30.3 Å². The highest BCUT2D eigenvalue weighted by Crippen LogP contribution is 2.25. The van der Waals surface area contributed by atoms with Gasteiger partial charge in [0.15, 0.2) is 0 Å². The molecule has 126 valence electrons. The number of aryl methyl sites for hydroxylation is 1. The number of amides is 1. The molecule has 0 spiro atoms. The lowest BCUT2D eigenvalue weighted by atomic mass is 10.2. The lowest BCUT2D eigenvalue weighted by molar-refractivity contribution is -0.117. The van der Waals surface area contributed by atoms with Crippen LogP contribution < -0.4 is 5.32 Å². The predicted molar refractivity (Wildman–Crippen MR) is 92.7 cm³/mol. The Morgan fingerprint density at radius 1 is 1.33 bits per heavy atom. The number of hydrogen-bond donors (Lipinski definition) is 1. The molecule has 4 nitrogen and oxygen atoms in total. The van der Waals surface area contributed by atoms with Gasteiger partial charge in [-0.15, -0.1) is 0 Å². The number of carbonyl (C=O) groups is 1. The lowest BCUT2D eigenvalue weighted by Crippen LogP contribution is -2.30. The Balaban J connectivity index is 1.77. The van der Waals surface area contributed by atoms with E-state index in [-0.39, 0.29) is 17.8 Å². The summed E-state index contributed by atoms with van der Waals surface area (Å²) < 4.78 is 14.6. The molecule has 6 heteroatoms. The third kappa shape index (κ3) is 3.67. The van der Waals surface area contributed by atoms with Crippen molar-refractivity contribution in [3.63, 3.8) is 0 Å². The van der Waals surface area contributed by atoms with Crippen molar-refractivity contribution in [3.8, 4) is 5.69 Å². The van der Waals surface area contributed by atoms with Crippen LogP contribution in [-0.4, -0.2) is 21.7 Å². The minimum absolute atomic E-state index is 0.119. The van der Waals surface area contributed by atoms with Gasteiger partial charge in [-0.3, -0.25) is 4.79 Å². The molecule has 0 aliphatic heterocycles. The summed E-state index contributed by atoms with van der Waals surface area (Å²) in [5, 5.41) is 7.76. The van der Waals surface area contributed by atoms with Gasteiger partial charge in [0.1, 0.15) is 11.0 Å². The molecule has 1 aliphatic rings. The highest BCUT2D eigenvalue weighted by molar-refractivity contribution is 6.31. The second-order valence-corrected chi connectivity index (χ2v) is 6.36. The molecule has 2 aromatic rings. The van der Waals surface area contributed by atoms with Crippen LogP contribution in [0.25, 0.3) is 11.8 Å². The molecule has 1 aromatic carbocycles.